The molecule has 34 heavy (non-hydrogen) atoms. The summed E-state index contributed by atoms with van der Waals surface area (Å²) >= 11 is 0. The molecule has 2 aromatic rings. The lowest BCUT2D eigenvalue weighted by atomic mass is 10.1. The van der Waals surface area contributed by atoms with E-state index >= 15 is 4.39 Å². The van der Waals surface area contributed by atoms with Gasteiger partial charge in [0.15, 0.2) is 5.82 Å². The lowest BCUT2D eigenvalue weighted by Crippen LogP contribution is -2.54. The van der Waals surface area contributed by atoms with Gasteiger partial charge in [0.2, 0.25) is 0 Å². The maximum atomic E-state index is 15.1. The SMILES string of the molecule is Cc1ccc(NC(=O)Nc2cccc(CN3CCN(S(=O)(=O)N4CCOCC4)CC3)c2F)cn1. The van der Waals surface area contributed by atoms with Crippen LogP contribution in [0, 0.1) is 12.7 Å². The molecule has 2 N–H and O–H groups in total. The first-order valence-corrected chi connectivity index (χ1v) is 12.6. The van der Waals surface area contributed by atoms with E-state index in [0.717, 1.165) is 5.69 Å². The lowest BCUT2D eigenvalue weighted by molar-refractivity contribution is 0.0683. The van der Waals surface area contributed by atoms with Crippen molar-refractivity contribution >= 4 is 27.6 Å². The number of amides is 2. The third-order valence-corrected chi connectivity index (χ3v) is 7.88. The van der Waals surface area contributed by atoms with Crippen LogP contribution in [0.4, 0.5) is 20.6 Å². The molecule has 0 saturated carbocycles. The molecule has 0 atom stereocenters. The molecular weight excluding hydrogens is 463 g/mol. The van der Waals surface area contributed by atoms with Gasteiger partial charge in [-0.05, 0) is 25.1 Å². The first-order valence-electron chi connectivity index (χ1n) is 11.2. The topological polar surface area (TPSA) is 107 Å². The summed E-state index contributed by atoms with van der Waals surface area (Å²) in [4.78, 5) is 18.4. The van der Waals surface area contributed by atoms with Gasteiger partial charge in [0.1, 0.15) is 0 Å². The fourth-order valence-corrected chi connectivity index (χ4v) is 5.49. The predicted molar refractivity (Wildman–Crippen MR) is 126 cm³/mol. The van der Waals surface area contributed by atoms with Crippen LogP contribution in [0.5, 0.6) is 0 Å². The van der Waals surface area contributed by atoms with E-state index in [1.54, 1.807) is 24.3 Å². The first kappa shape index (κ1) is 24.5. The van der Waals surface area contributed by atoms with E-state index in [9.17, 15) is 13.2 Å². The predicted octanol–water partition coefficient (Wildman–Crippen LogP) is 1.87. The molecule has 0 radical (unpaired) electrons. The van der Waals surface area contributed by atoms with E-state index in [0.29, 0.717) is 70.3 Å². The number of hydrogen-bond acceptors (Lipinski definition) is 6. The van der Waals surface area contributed by atoms with Gasteiger partial charge in [-0.15, -0.1) is 0 Å². The minimum absolute atomic E-state index is 0.0728. The van der Waals surface area contributed by atoms with Crippen molar-refractivity contribution in [2.24, 2.45) is 0 Å². The van der Waals surface area contributed by atoms with E-state index < -0.39 is 22.1 Å². The van der Waals surface area contributed by atoms with E-state index in [1.807, 2.05) is 11.8 Å². The van der Waals surface area contributed by atoms with Crippen LogP contribution < -0.4 is 10.6 Å². The van der Waals surface area contributed by atoms with E-state index in [-0.39, 0.29) is 5.69 Å². The number of halogens is 1. The second-order valence-corrected chi connectivity index (χ2v) is 10.2. The highest BCUT2D eigenvalue weighted by molar-refractivity contribution is 7.86. The van der Waals surface area contributed by atoms with Crippen LogP contribution in [0.2, 0.25) is 0 Å². The molecule has 2 fully saturated rings. The van der Waals surface area contributed by atoms with Crippen molar-refractivity contribution in [3.05, 3.63) is 53.6 Å². The molecular formula is C22H29FN6O4S. The highest BCUT2D eigenvalue weighted by Gasteiger charge is 2.33. The molecule has 2 aliphatic heterocycles. The largest absolute Gasteiger partial charge is 0.379 e. The second-order valence-electron chi connectivity index (χ2n) is 8.24. The Balaban J connectivity index is 1.32. The van der Waals surface area contributed by atoms with Gasteiger partial charge in [-0.2, -0.15) is 17.0 Å². The summed E-state index contributed by atoms with van der Waals surface area (Å²) in [7, 11) is -3.51. The number of nitrogens with zero attached hydrogens (tertiary/aromatic N) is 4. The number of morpholine rings is 1. The molecule has 0 bridgehead atoms. The van der Waals surface area contributed by atoms with Crippen molar-refractivity contribution < 1.29 is 22.3 Å². The Morgan fingerprint density at radius 2 is 1.74 bits per heavy atom. The van der Waals surface area contributed by atoms with Gasteiger partial charge in [0.05, 0.1) is 30.8 Å². The number of carbonyl (C=O) groups is 1. The number of pyridine rings is 1. The second kappa shape index (κ2) is 10.7. The van der Waals surface area contributed by atoms with Crippen LogP contribution in [0.25, 0.3) is 0 Å². The number of urea groups is 1. The number of hydrogen-bond donors (Lipinski definition) is 2. The van der Waals surface area contributed by atoms with Crippen molar-refractivity contribution in [1.82, 2.24) is 18.5 Å². The molecule has 0 spiro atoms. The highest BCUT2D eigenvalue weighted by Crippen LogP contribution is 2.21. The molecule has 12 heteroatoms. The van der Waals surface area contributed by atoms with Crippen LogP contribution in [-0.2, 0) is 21.5 Å². The van der Waals surface area contributed by atoms with Crippen molar-refractivity contribution in [2.45, 2.75) is 13.5 Å². The standard InChI is InChI=1S/C22H29FN6O4S/c1-17-5-6-19(15-24-17)25-22(30)26-20-4-2-3-18(21(20)23)16-27-7-9-28(10-8-27)34(31,32)29-11-13-33-14-12-29/h2-6,15H,7-14,16H2,1H3,(H2,25,26,30). The molecule has 3 heterocycles. The van der Waals surface area contributed by atoms with Gasteiger partial charge in [0.25, 0.3) is 10.2 Å². The Morgan fingerprint density at radius 1 is 1.03 bits per heavy atom. The molecule has 2 aliphatic rings. The van der Waals surface area contributed by atoms with E-state index in [2.05, 4.69) is 15.6 Å². The summed E-state index contributed by atoms with van der Waals surface area (Å²) < 4.78 is 48.9. The number of ether oxygens (including phenoxy) is 1. The van der Waals surface area contributed by atoms with Crippen LogP contribution in [0.3, 0.4) is 0 Å². The van der Waals surface area contributed by atoms with E-state index in [4.69, 9.17) is 4.74 Å². The highest BCUT2D eigenvalue weighted by atomic mass is 32.2. The Kier molecular flexibility index (Phi) is 7.73. The van der Waals surface area contributed by atoms with Crippen LogP contribution in [0.15, 0.2) is 36.5 Å². The van der Waals surface area contributed by atoms with E-state index in [1.165, 1.54) is 20.9 Å². The minimum atomic E-state index is -3.51. The Labute approximate surface area is 198 Å². The summed E-state index contributed by atoms with van der Waals surface area (Å²) in [5.41, 5.74) is 1.83. The quantitative estimate of drug-likeness (QED) is 0.638. The average molecular weight is 493 g/mol. The first-order chi connectivity index (χ1) is 16.3. The van der Waals surface area contributed by atoms with Gasteiger partial charge in [-0.1, -0.05) is 12.1 Å². The number of anilines is 2. The van der Waals surface area contributed by atoms with Gasteiger partial charge in [0, 0.05) is 57.1 Å². The van der Waals surface area contributed by atoms with Crippen molar-refractivity contribution in [3.8, 4) is 0 Å². The zero-order chi connectivity index (χ0) is 24.1. The Bertz CT molecular complexity index is 1100. The average Bonchev–Trinajstić information content (AvgIpc) is 2.84. The van der Waals surface area contributed by atoms with Gasteiger partial charge in [-0.25, -0.2) is 9.18 Å². The summed E-state index contributed by atoms with van der Waals surface area (Å²) in [5, 5.41) is 5.17. The number of rotatable bonds is 6. The van der Waals surface area contributed by atoms with Gasteiger partial charge >= 0.3 is 6.03 Å². The monoisotopic (exact) mass is 492 g/mol. The Morgan fingerprint density at radius 3 is 2.41 bits per heavy atom. The zero-order valence-corrected chi connectivity index (χ0v) is 19.9. The third kappa shape index (κ3) is 5.88. The lowest BCUT2D eigenvalue weighted by Gasteiger charge is -2.37. The molecule has 2 amide bonds. The summed E-state index contributed by atoms with van der Waals surface area (Å²) in [6.07, 6.45) is 1.53. The van der Waals surface area contributed by atoms with Crippen molar-refractivity contribution in [2.75, 3.05) is 63.1 Å². The van der Waals surface area contributed by atoms with Gasteiger partial charge in [-0.3, -0.25) is 9.88 Å². The molecule has 10 nitrogen and oxygen atoms in total. The number of aromatic nitrogens is 1. The molecule has 184 valence electrons. The summed E-state index contributed by atoms with van der Waals surface area (Å²) in [5.74, 6) is -0.511. The van der Waals surface area contributed by atoms with Crippen LogP contribution in [0.1, 0.15) is 11.3 Å². The number of benzene rings is 1. The number of aryl methyl sites for hydroxylation is 1. The fourth-order valence-electron chi connectivity index (χ4n) is 3.92. The third-order valence-electron chi connectivity index (χ3n) is 5.84. The molecule has 1 aromatic carbocycles. The number of carbonyl (C=O) groups excluding carboxylic acids is 1. The van der Waals surface area contributed by atoms with Crippen molar-refractivity contribution in [1.29, 1.82) is 0 Å². The van der Waals surface area contributed by atoms with Crippen LogP contribution >= 0.6 is 0 Å². The van der Waals surface area contributed by atoms with Crippen molar-refractivity contribution in [3.63, 3.8) is 0 Å². The minimum Gasteiger partial charge on any atom is -0.379 e. The number of piperazine rings is 1. The van der Waals surface area contributed by atoms with Crippen LogP contribution in [-0.4, -0.2) is 85.4 Å². The summed E-state index contributed by atoms with van der Waals surface area (Å²) in [6.45, 7) is 5.35. The molecule has 0 aliphatic carbocycles. The normalized spacial score (nSPS) is 18.5. The molecule has 1 aromatic heterocycles. The Hall–Kier alpha value is -2.64. The summed E-state index contributed by atoms with van der Waals surface area (Å²) in [6, 6.07) is 7.76. The fraction of sp³-hybridized carbons (Fsp3) is 0.455. The van der Waals surface area contributed by atoms with Gasteiger partial charge < -0.3 is 15.4 Å². The maximum absolute atomic E-state index is 15.1. The smallest absolute Gasteiger partial charge is 0.323 e. The molecule has 4 rings (SSSR count). The molecule has 0 unspecified atom stereocenters. The zero-order valence-electron chi connectivity index (χ0n) is 19.0. The number of nitrogens with one attached hydrogen (secondary N) is 2. The molecule has 2 saturated heterocycles. The maximum Gasteiger partial charge on any atom is 0.323 e.